The number of nitrogens with one attached hydrogen (secondary N) is 2. The smallest absolute Gasteiger partial charge is 0.252 e. The molecule has 2 saturated carbocycles. The molecule has 2 amide bonds. The van der Waals surface area contributed by atoms with Crippen molar-refractivity contribution in [2.45, 2.75) is 59.4 Å². The van der Waals surface area contributed by atoms with Crippen LogP contribution >= 0.6 is 0 Å². The van der Waals surface area contributed by atoms with Crippen molar-refractivity contribution in [2.75, 3.05) is 6.61 Å². The van der Waals surface area contributed by atoms with E-state index in [9.17, 15) is 9.59 Å². The molecule has 0 heterocycles. The van der Waals surface area contributed by atoms with E-state index >= 15 is 0 Å². The summed E-state index contributed by atoms with van der Waals surface area (Å²) in [5.41, 5.74) is 2.65. The molecule has 0 saturated heterocycles. The van der Waals surface area contributed by atoms with Gasteiger partial charge in [-0.3, -0.25) is 14.4 Å². The first kappa shape index (κ1) is 15.3. The third kappa shape index (κ3) is 2.43. The Hall–Kier alpha value is -1.10. The molecular formula is C15H26N2O3. The van der Waals surface area contributed by atoms with Gasteiger partial charge < -0.3 is 5.32 Å². The fraction of sp³-hybridized carbons (Fsp3) is 0.867. The standard InChI is InChI=1S/C15H26N2O3/c1-5-20-17-13(19)9-12(18)16-11-8-10-6-7-15(11,4)14(10,2)3/h10-11H,5-9H2,1-4H3,(H,16,18)(H,17,19)/t10-,11+,15-/m0/s1. The van der Waals surface area contributed by atoms with Gasteiger partial charge in [-0.15, -0.1) is 0 Å². The second kappa shape index (κ2) is 5.35. The number of rotatable bonds is 5. The van der Waals surface area contributed by atoms with E-state index in [4.69, 9.17) is 4.84 Å². The Kier molecular flexibility index (Phi) is 4.09. The largest absolute Gasteiger partial charge is 0.352 e. The van der Waals surface area contributed by atoms with Gasteiger partial charge in [-0.05, 0) is 42.9 Å². The molecule has 0 radical (unpaired) electrons. The van der Waals surface area contributed by atoms with Gasteiger partial charge in [-0.1, -0.05) is 20.8 Å². The van der Waals surface area contributed by atoms with Crippen LogP contribution in [0.15, 0.2) is 0 Å². The lowest BCUT2D eigenvalue weighted by molar-refractivity contribution is -0.138. The molecular weight excluding hydrogens is 256 g/mol. The highest BCUT2D eigenvalue weighted by molar-refractivity contribution is 5.96. The van der Waals surface area contributed by atoms with Gasteiger partial charge in [0.15, 0.2) is 0 Å². The van der Waals surface area contributed by atoms with Crippen molar-refractivity contribution >= 4 is 11.8 Å². The molecule has 5 nitrogen and oxygen atoms in total. The normalized spacial score (nSPS) is 34.0. The van der Waals surface area contributed by atoms with Gasteiger partial charge >= 0.3 is 0 Å². The summed E-state index contributed by atoms with van der Waals surface area (Å²) in [5, 5.41) is 3.06. The van der Waals surface area contributed by atoms with Gasteiger partial charge in [0.2, 0.25) is 5.91 Å². The van der Waals surface area contributed by atoms with Crippen molar-refractivity contribution in [1.29, 1.82) is 0 Å². The van der Waals surface area contributed by atoms with Gasteiger partial charge in [0.05, 0.1) is 6.61 Å². The maximum absolute atomic E-state index is 12.0. The monoisotopic (exact) mass is 282 g/mol. The maximum Gasteiger partial charge on any atom is 0.252 e. The molecule has 2 aliphatic rings. The summed E-state index contributed by atoms with van der Waals surface area (Å²) >= 11 is 0. The molecule has 0 spiro atoms. The van der Waals surface area contributed by atoms with Crippen LogP contribution in [0.5, 0.6) is 0 Å². The zero-order valence-corrected chi connectivity index (χ0v) is 12.9. The fourth-order valence-corrected chi connectivity index (χ4v) is 4.00. The van der Waals surface area contributed by atoms with Crippen molar-refractivity contribution in [2.24, 2.45) is 16.7 Å². The predicted molar refractivity (Wildman–Crippen MR) is 75.5 cm³/mol. The minimum absolute atomic E-state index is 0.143. The Balaban J connectivity index is 1.89. The first-order valence-electron chi connectivity index (χ1n) is 7.51. The number of carbonyl (C=O) groups is 2. The molecule has 2 rings (SSSR count). The van der Waals surface area contributed by atoms with Gasteiger partial charge in [-0.25, -0.2) is 5.48 Å². The van der Waals surface area contributed by atoms with Crippen molar-refractivity contribution in [3.63, 3.8) is 0 Å². The molecule has 5 heteroatoms. The summed E-state index contributed by atoms with van der Waals surface area (Å²) in [6.45, 7) is 9.05. The molecule has 0 aromatic carbocycles. The highest BCUT2D eigenvalue weighted by Crippen LogP contribution is 2.65. The summed E-state index contributed by atoms with van der Waals surface area (Å²) in [6, 6.07) is 0.184. The average Bonchev–Trinajstić information content (AvgIpc) is 2.69. The van der Waals surface area contributed by atoms with Crippen LogP contribution in [0.2, 0.25) is 0 Å². The van der Waals surface area contributed by atoms with Crippen molar-refractivity contribution in [3.8, 4) is 0 Å². The van der Waals surface area contributed by atoms with Crippen LogP contribution in [0.1, 0.15) is 53.4 Å². The number of amides is 2. The van der Waals surface area contributed by atoms with Gasteiger partial charge in [0.1, 0.15) is 6.42 Å². The van der Waals surface area contributed by atoms with E-state index in [0.29, 0.717) is 12.5 Å². The summed E-state index contributed by atoms with van der Waals surface area (Å²) < 4.78 is 0. The second-order valence-corrected chi connectivity index (χ2v) is 6.87. The Labute approximate surface area is 120 Å². The minimum atomic E-state index is -0.392. The highest BCUT2D eigenvalue weighted by atomic mass is 16.6. The molecule has 0 unspecified atom stereocenters. The summed E-state index contributed by atoms with van der Waals surface area (Å²) in [7, 11) is 0. The lowest BCUT2D eigenvalue weighted by Crippen LogP contribution is -2.47. The molecule has 2 bridgehead atoms. The number of carbonyl (C=O) groups excluding carboxylic acids is 2. The zero-order chi connectivity index (χ0) is 15.0. The minimum Gasteiger partial charge on any atom is -0.352 e. The molecule has 2 N–H and O–H groups in total. The SMILES string of the molecule is CCONC(=O)CC(=O)N[C@@H]1C[C@@H]2CC[C@]1(C)C2(C)C. The lowest BCUT2D eigenvalue weighted by atomic mass is 9.69. The van der Waals surface area contributed by atoms with Gasteiger partial charge in [0, 0.05) is 6.04 Å². The topological polar surface area (TPSA) is 67.4 Å². The van der Waals surface area contributed by atoms with Crippen molar-refractivity contribution in [3.05, 3.63) is 0 Å². The molecule has 3 atom stereocenters. The summed E-state index contributed by atoms with van der Waals surface area (Å²) in [5.74, 6) is 0.0729. The lowest BCUT2D eigenvalue weighted by Gasteiger charge is -2.39. The van der Waals surface area contributed by atoms with E-state index in [1.54, 1.807) is 6.92 Å². The summed E-state index contributed by atoms with van der Waals surface area (Å²) in [6.07, 6.45) is 3.27. The van der Waals surface area contributed by atoms with Crippen LogP contribution < -0.4 is 10.8 Å². The Bertz CT molecular complexity index is 408. The van der Waals surface area contributed by atoms with Crippen molar-refractivity contribution in [1.82, 2.24) is 10.8 Å². The molecule has 20 heavy (non-hydrogen) atoms. The molecule has 2 fully saturated rings. The van der Waals surface area contributed by atoms with Crippen LogP contribution in [0, 0.1) is 16.7 Å². The van der Waals surface area contributed by atoms with Crippen LogP contribution in [0.3, 0.4) is 0 Å². The molecule has 2 aliphatic carbocycles. The number of hydroxylamine groups is 1. The Morgan fingerprint density at radius 1 is 1.25 bits per heavy atom. The van der Waals surface area contributed by atoms with Crippen LogP contribution in [-0.4, -0.2) is 24.5 Å². The van der Waals surface area contributed by atoms with Crippen LogP contribution in [-0.2, 0) is 14.4 Å². The number of hydrogen-bond donors (Lipinski definition) is 2. The molecule has 0 aromatic rings. The molecule has 0 aliphatic heterocycles. The molecule has 114 valence electrons. The first-order valence-corrected chi connectivity index (χ1v) is 7.51. The van der Waals surface area contributed by atoms with E-state index in [2.05, 4.69) is 31.6 Å². The maximum atomic E-state index is 12.0. The van der Waals surface area contributed by atoms with Crippen LogP contribution in [0.25, 0.3) is 0 Å². The van der Waals surface area contributed by atoms with E-state index in [-0.39, 0.29) is 29.2 Å². The number of fused-ring (bicyclic) bond motifs is 2. The third-order valence-electron chi connectivity index (χ3n) is 5.78. The summed E-state index contributed by atoms with van der Waals surface area (Å²) in [4.78, 5) is 28.2. The fourth-order valence-electron chi connectivity index (χ4n) is 4.00. The van der Waals surface area contributed by atoms with E-state index < -0.39 is 5.91 Å². The Morgan fingerprint density at radius 2 is 1.95 bits per heavy atom. The Morgan fingerprint density at radius 3 is 2.45 bits per heavy atom. The van der Waals surface area contributed by atoms with Crippen LogP contribution in [0.4, 0.5) is 0 Å². The van der Waals surface area contributed by atoms with Crippen molar-refractivity contribution < 1.29 is 14.4 Å². The highest BCUT2D eigenvalue weighted by Gasteiger charge is 2.61. The van der Waals surface area contributed by atoms with Gasteiger partial charge in [0.25, 0.3) is 5.91 Å². The first-order chi connectivity index (χ1) is 9.31. The van der Waals surface area contributed by atoms with E-state index in [1.165, 1.54) is 6.42 Å². The average molecular weight is 282 g/mol. The zero-order valence-electron chi connectivity index (χ0n) is 12.9. The quantitative estimate of drug-likeness (QED) is 0.596. The van der Waals surface area contributed by atoms with Gasteiger partial charge in [-0.2, -0.15) is 0 Å². The van der Waals surface area contributed by atoms with E-state index in [1.807, 2.05) is 0 Å². The molecule has 0 aromatic heterocycles. The van der Waals surface area contributed by atoms with E-state index in [0.717, 1.165) is 12.8 Å². The predicted octanol–water partition coefficient (Wildman–Crippen LogP) is 1.78. The third-order valence-corrected chi connectivity index (χ3v) is 5.78. The second-order valence-electron chi connectivity index (χ2n) is 6.87. The number of hydrogen-bond acceptors (Lipinski definition) is 3.